The molecule has 406 valence electrons. The Labute approximate surface area is 466 Å². The van der Waals surface area contributed by atoms with Crippen molar-refractivity contribution in [2.75, 3.05) is 0 Å². The standard InChI is InChI=1S/C70H48F9N3/c1-38-20-39(2)22-50(21-38)45-12-17-65-60(33-45)61-36-48(53-25-42(5)28-56(32-53)70(77,78)79)13-18-66(61)82(65)67-43(6)62(19-14-57(67)49-9-7-8-44(29-49)37-80)81-63-15-10-46(51-23-40(3)26-54(30-51)68(71,72)73)34-58(63)59-35-47(11-16-64(59)81)52-24-41(4)27-55(31-52)69(74,75)76/h7-36H,1-6H3. The lowest BCUT2D eigenvalue weighted by molar-refractivity contribution is -0.138. The van der Waals surface area contributed by atoms with Crippen LogP contribution < -0.4 is 0 Å². The summed E-state index contributed by atoms with van der Waals surface area (Å²) in [6, 6.07) is 54.4. The minimum absolute atomic E-state index is 0.334. The maximum atomic E-state index is 14.4. The van der Waals surface area contributed by atoms with Crippen molar-refractivity contribution in [1.82, 2.24) is 9.13 Å². The largest absolute Gasteiger partial charge is 0.416 e. The number of nitrogens with zero attached hydrogens (tertiary/aromatic N) is 3. The molecule has 0 amide bonds. The number of benzene rings is 10. The van der Waals surface area contributed by atoms with Crippen LogP contribution in [0.2, 0.25) is 0 Å². The summed E-state index contributed by atoms with van der Waals surface area (Å²) in [7, 11) is 0. The van der Waals surface area contributed by atoms with E-state index in [1.165, 1.54) is 6.07 Å². The van der Waals surface area contributed by atoms with Gasteiger partial charge in [-0.2, -0.15) is 44.8 Å². The van der Waals surface area contributed by atoms with Crippen LogP contribution in [-0.4, -0.2) is 9.13 Å². The first-order chi connectivity index (χ1) is 38.9. The molecule has 10 aromatic carbocycles. The third-order valence-electron chi connectivity index (χ3n) is 15.5. The van der Waals surface area contributed by atoms with Crippen molar-refractivity contribution in [1.29, 1.82) is 5.26 Å². The fourth-order valence-corrected chi connectivity index (χ4v) is 12.0. The van der Waals surface area contributed by atoms with Gasteiger partial charge < -0.3 is 9.13 Å². The smallest absolute Gasteiger partial charge is 0.309 e. The van der Waals surface area contributed by atoms with Crippen LogP contribution in [0.15, 0.2) is 182 Å². The molecule has 12 aromatic rings. The van der Waals surface area contributed by atoms with Gasteiger partial charge in [0.25, 0.3) is 0 Å². The molecule has 82 heavy (non-hydrogen) atoms. The summed E-state index contributed by atoms with van der Waals surface area (Å²) in [4.78, 5) is 0. The molecular formula is C70H48F9N3. The fourth-order valence-electron chi connectivity index (χ4n) is 12.0. The third-order valence-corrected chi connectivity index (χ3v) is 15.5. The van der Waals surface area contributed by atoms with Crippen molar-refractivity contribution in [2.45, 2.75) is 60.1 Å². The van der Waals surface area contributed by atoms with Gasteiger partial charge in [0, 0.05) is 27.1 Å². The van der Waals surface area contributed by atoms with Crippen molar-refractivity contribution >= 4 is 43.6 Å². The highest BCUT2D eigenvalue weighted by Gasteiger charge is 2.34. The summed E-state index contributed by atoms with van der Waals surface area (Å²) in [6.45, 7) is 10.9. The molecule has 0 aliphatic heterocycles. The summed E-state index contributed by atoms with van der Waals surface area (Å²) in [5.41, 5.74) is 12.5. The van der Waals surface area contributed by atoms with E-state index in [-0.39, 0.29) is 0 Å². The second kappa shape index (κ2) is 19.4. The van der Waals surface area contributed by atoms with Crippen LogP contribution in [0.3, 0.4) is 0 Å². The van der Waals surface area contributed by atoms with E-state index < -0.39 is 35.2 Å². The molecule has 0 aliphatic rings. The lowest BCUT2D eigenvalue weighted by Gasteiger charge is -2.21. The summed E-state index contributed by atoms with van der Waals surface area (Å²) < 4.78 is 133. The summed E-state index contributed by atoms with van der Waals surface area (Å²) in [5.74, 6) is 0. The van der Waals surface area contributed by atoms with E-state index in [1.807, 2.05) is 99.6 Å². The normalized spacial score (nSPS) is 12.3. The van der Waals surface area contributed by atoms with Gasteiger partial charge in [-0.05, 0) is 217 Å². The van der Waals surface area contributed by atoms with E-state index in [2.05, 4.69) is 45.5 Å². The van der Waals surface area contributed by atoms with Crippen molar-refractivity contribution in [3.05, 3.63) is 238 Å². The molecule has 0 unspecified atom stereocenters. The Kier molecular flexibility index (Phi) is 12.6. The highest BCUT2D eigenvalue weighted by molar-refractivity contribution is 6.14. The van der Waals surface area contributed by atoms with E-state index >= 15 is 0 Å². The van der Waals surface area contributed by atoms with Crippen LogP contribution >= 0.6 is 0 Å². The van der Waals surface area contributed by atoms with E-state index in [4.69, 9.17) is 0 Å². The zero-order chi connectivity index (χ0) is 57.9. The van der Waals surface area contributed by atoms with Gasteiger partial charge in [0.15, 0.2) is 0 Å². The van der Waals surface area contributed by atoms with Crippen molar-refractivity contribution < 1.29 is 39.5 Å². The number of aryl methyl sites for hydroxylation is 5. The number of hydrogen-bond donors (Lipinski definition) is 0. The monoisotopic (exact) mass is 1100 g/mol. The first kappa shape index (κ1) is 53.3. The molecule has 0 saturated carbocycles. The summed E-state index contributed by atoms with van der Waals surface area (Å²) in [6.07, 6.45) is -13.8. The Morgan fingerprint density at radius 1 is 0.329 bits per heavy atom. The van der Waals surface area contributed by atoms with Crippen LogP contribution in [0.4, 0.5) is 39.5 Å². The number of aromatic nitrogens is 2. The molecule has 0 saturated heterocycles. The van der Waals surface area contributed by atoms with Gasteiger partial charge in [-0.3, -0.25) is 0 Å². The molecule has 0 fully saturated rings. The van der Waals surface area contributed by atoms with Crippen LogP contribution in [-0.2, 0) is 18.5 Å². The van der Waals surface area contributed by atoms with Crippen LogP contribution in [0, 0.1) is 52.9 Å². The van der Waals surface area contributed by atoms with E-state index in [9.17, 15) is 44.8 Å². The number of alkyl halides is 9. The predicted molar refractivity (Wildman–Crippen MR) is 310 cm³/mol. The quantitative estimate of drug-likeness (QED) is 0.146. The summed E-state index contributed by atoms with van der Waals surface area (Å²) >= 11 is 0. The number of fused-ring (bicyclic) bond motifs is 6. The van der Waals surface area contributed by atoms with E-state index in [0.29, 0.717) is 83.1 Å². The van der Waals surface area contributed by atoms with Crippen molar-refractivity contribution in [3.63, 3.8) is 0 Å². The predicted octanol–water partition coefficient (Wildman–Crippen LogP) is 21.0. The van der Waals surface area contributed by atoms with Crippen LogP contribution in [0.1, 0.15) is 55.6 Å². The SMILES string of the molecule is Cc1cc(C)cc(-c2ccc3c(c2)c2cc(-c4cc(C)cc(C(F)(F)F)c4)ccc2n3-c2c(-c3cccc(C#N)c3)ccc(-n3c4ccc(-c5cc(C)cc(C(F)(F)F)c5)cc4c4cc(-c5cc(C)cc(C(F)(F)F)c5)ccc43)c2C)c1. The second-order valence-corrected chi connectivity index (χ2v) is 21.5. The number of rotatable bonds is 7. The van der Waals surface area contributed by atoms with Gasteiger partial charge >= 0.3 is 18.5 Å². The topological polar surface area (TPSA) is 33.6 Å². The molecule has 2 heterocycles. The Morgan fingerprint density at radius 3 is 1.05 bits per heavy atom. The molecule has 0 atom stereocenters. The van der Waals surface area contributed by atoms with Gasteiger partial charge in [0.05, 0.1) is 61.8 Å². The molecule has 2 aromatic heterocycles. The van der Waals surface area contributed by atoms with Crippen LogP contribution in [0.5, 0.6) is 0 Å². The Bertz CT molecular complexity index is 4530. The average Bonchev–Trinajstić information content (AvgIpc) is 2.71. The number of hydrogen-bond acceptors (Lipinski definition) is 1. The first-order valence-corrected chi connectivity index (χ1v) is 26.4. The van der Waals surface area contributed by atoms with Gasteiger partial charge in [-0.1, -0.05) is 90.0 Å². The molecular weight excluding hydrogens is 1050 g/mol. The maximum Gasteiger partial charge on any atom is 0.416 e. The molecule has 12 rings (SSSR count). The molecule has 0 radical (unpaired) electrons. The van der Waals surface area contributed by atoms with Gasteiger partial charge in [0.2, 0.25) is 0 Å². The minimum atomic E-state index is -4.61. The van der Waals surface area contributed by atoms with Crippen LogP contribution in [0.25, 0.3) is 111 Å². The van der Waals surface area contributed by atoms with Gasteiger partial charge in [-0.25, -0.2) is 0 Å². The number of halogens is 9. The molecule has 0 aliphatic carbocycles. The summed E-state index contributed by atoms with van der Waals surface area (Å²) in [5, 5.41) is 13.1. The number of nitriles is 1. The molecule has 0 N–H and O–H groups in total. The molecule has 3 nitrogen and oxygen atoms in total. The minimum Gasteiger partial charge on any atom is -0.309 e. The Balaban J connectivity index is 1.17. The highest BCUT2D eigenvalue weighted by Crippen LogP contribution is 2.46. The van der Waals surface area contributed by atoms with Gasteiger partial charge in [-0.15, -0.1) is 0 Å². The Morgan fingerprint density at radius 2 is 0.683 bits per heavy atom. The average molecular weight is 1100 g/mol. The molecule has 0 spiro atoms. The maximum absolute atomic E-state index is 14.4. The highest BCUT2D eigenvalue weighted by atomic mass is 19.4. The van der Waals surface area contributed by atoms with Crippen molar-refractivity contribution in [3.8, 4) is 73.1 Å². The van der Waals surface area contributed by atoms with E-state index in [1.54, 1.807) is 57.2 Å². The lowest BCUT2D eigenvalue weighted by Crippen LogP contribution is -2.06. The molecule has 12 heteroatoms. The van der Waals surface area contributed by atoms with Crippen molar-refractivity contribution in [2.24, 2.45) is 0 Å². The third kappa shape index (κ3) is 9.53. The molecule has 0 bridgehead atoms. The Hall–Kier alpha value is -9.34. The second-order valence-electron chi connectivity index (χ2n) is 21.5. The van der Waals surface area contributed by atoms with E-state index in [0.717, 1.165) is 96.8 Å². The lowest BCUT2D eigenvalue weighted by atomic mass is 9.96. The first-order valence-electron chi connectivity index (χ1n) is 26.4. The zero-order valence-corrected chi connectivity index (χ0v) is 45.1. The van der Waals surface area contributed by atoms with Gasteiger partial charge in [0.1, 0.15) is 0 Å². The fraction of sp³-hybridized carbons (Fsp3) is 0.129. The zero-order valence-electron chi connectivity index (χ0n) is 45.1.